The van der Waals surface area contributed by atoms with Crippen molar-refractivity contribution >= 4 is 23.5 Å². The van der Waals surface area contributed by atoms with Crippen LogP contribution in [0.4, 0.5) is 0 Å². The first-order valence-electron chi connectivity index (χ1n) is 5.48. The van der Waals surface area contributed by atoms with E-state index in [2.05, 4.69) is 36.7 Å². The van der Waals surface area contributed by atoms with E-state index in [1.54, 1.807) is 23.5 Å². The van der Waals surface area contributed by atoms with Gasteiger partial charge < -0.3 is 0 Å². The summed E-state index contributed by atoms with van der Waals surface area (Å²) in [5.74, 6) is 2.02. The van der Waals surface area contributed by atoms with Gasteiger partial charge in [-0.2, -0.15) is 0 Å². The molecule has 0 spiro atoms. The molecule has 4 heteroatoms. The van der Waals surface area contributed by atoms with Crippen molar-refractivity contribution in [1.82, 2.24) is 10.2 Å². The van der Waals surface area contributed by atoms with Crippen LogP contribution in [0.3, 0.4) is 0 Å². The third-order valence-electron chi connectivity index (χ3n) is 2.00. The zero-order chi connectivity index (χ0) is 11.8. The predicted octanol–water partition coefficient (Wildman–Crippen LogP) is 3.96. The minimum atomic E-state index is 0.885. The van der Waals surface area contributed by atoms with E-state index in [-0.39, 0.29) is 0 Å². The van der Waals surface area contributed by atoms with Crippen molar-refractivity contribution in [1.29, 1.82) is 0 Å². The van der Waals surface area contributed by atoms with Gasteiger partial charge in [-0.05, 0) is 30.7 Å². The lowest BCUT2D eigenvalue weighted by atomic mass is 10.4. The van der Waals surface area contributed by atoms with Gasteiger partial charge >= 0.3 is 0 Å². The SMILES string of the molecule is C=CCSc1cc(C)c(SCCCC)nn1. The van der Waals surface area contributed by atoms with Gasteiger partial charge in [-0.3, -0.25) is 0 Å². The van der Waals surface area contributed by atoms with E-state index in [4.69, 9.17) is 0 Å². The molecule has 1 rings (SSSR count). The number of thioether (sulfide) groups is 2. The van der Waals surface area contributed by atoms with Crippen molar-refractivity contribution < 1.29 is 0 Å². The molecule has 0 aromatic carbocycles. The Morgan fingerprint density at radius 1 is 1.38 bits per heavy atom. The highest BCUT2D eigenvalue weighted by Gasteiger charge is 2.03. The number of nitrogens with zero attached hydrogens (tertiary/aromatic N) is 2. The van der Waals surface area contributed by atoms with E-state index in [1.807, 2.05) is 6.08 Å². The minimum absolute atomic E-state index is 0.885. The maximum absolute atomic E-state index is 4.26. The van der Waals surface area contributed by atoms with Crippen molar-refractivity contribution in [3.8, 4) is 0 Å². The Balaban J connectivity index is 2.56. The van der Waals surface area contributed by atoms with E-state index in [0.29, 0.717) is 0 Å². The standard InChI is InChI=1S/C12H18N2S2/c1-4-6-8-16-12-10(3)9-11(13-14-12)15-7-5-2/h5,9H,2,4,6-8H2,1,3H3. The molecule has 0 saturated heterocycles. The second kappa shape index (κ2) is 7.74. The number of hydrogen-bond donors (Lipinski definition) is 0. The van der Waals surface area contributed by atoms with Gasteiger partial charge in [0.05, 0.1) is 0 Å². The summed E-state index contributed by atoms with van der Waals surface area (Å²) in [4.78, 5) is 0. The van der Waals surface area contributed by atoms with Crippen LogP contribution in [-0.4, -0.2) is 21.7 Å². The minimum Gasteiger partial charge on any atom is -0.143 e. The molecule has 0 amide bonds. The largest absolute Gasteiger partial charge is 0.143 e. The smallest absolute Gasteiger partial charge is 0.122 e. The summed E-state index contributed by atoms with van der Waals surface area (Å²) in [6, 6.07) is 2.11. The zero-order valence-corrected chi connectivity index (χ0v) is 11.5. The van der Waals surface area contributed by atoms with Crippen LogP contribution >= 0.6 is 23.5 Å². The van der Waals surface area contributed by atoms with Gasteiger partial charge in [-0.1, -0.05) is 19.4 Å². The lowest BCUT2D eigenvalue weighted by Crippen LogP contribution is -1.93. The Morgan fingerprint density at radius 2 is 2.19 bits per heavy atom. The van der Waals surface area contributed by atoms with Crippen LogP contribution in [-0.2, 0) is 0 Å². The quantitative estimate of drug-likeness (QED) is 0.418. The fourth-order valence-electron chi connectivity index (χ4n) is 1.12. The fourth-order valence-corrected chi connectivity index (χ4v) is 2.78. The van der Waals surface area contributed by atoms with Gasteiger partial charge in [0.1, 0.15) is 10.1 Å². The average molecular weight is 254 g/mol. The van der Waals surface area contributed by atoms with Crippen molar-refractivity contribution in [3.63, 3.8) is 0 Å². The fraction of sp³-hybridized carbons (Fsp3) is 0.500. The lowest BCUT2D eigenvalue weighted by Gasteiger charge is -2.04. The van der Waals surface area contributed by atoms with Crippen LogP contribution in [0.15, 0.2) is 28.8 Å². The highest BCUT2D eigenvalue weighted by molar-refractivity contribution is 7.99. The van der Waals surface area contributed by atoms with Gasteiger partial charge in [0.15, 0.2) is 0 Å². The molecule has 0 radical (unpaired) electrons. The molecule has 1 heterocycles. The van der Waals surface area contributed by atoms with Crippen molar-refractivity contribution in [3.05, 3.63) is 24.3 Å². The molecule has 0 atom stereocenters. The van der Waals surface area contributed by atoms with Crippen LogP contribution in [0.25, 0.3) is 0 Å². The summed E-state index contributed by atoms with van der Waals surface area (Å²) in [5.41, 5.74) is 1.22. The van der Waals surface area contributed by atoms with Crippen LogP contribution < -0.4 is 0 Å². The van der Waals surface area contributed by atoms with E-state index >= 15 is 0 Å². The van der Waals surface area contributed by atoms with E-state index < -0.39 is 0 Å². The number of unbranched alkanes of at least 4 members (excludes halogenated alkanes) is 1. The normalized spacial score (nSPS) is 10.4. The summed E-state index contributed by atoms with van der Waals surface area (Å²) >= 11 is 3.47. The molecular weight excluding hydrogens is 236 g/mol. The lowest BCUT2D eigenvalue weighted by molar-refractivity contribution is 0.832. The Bertz CT molecular complexity index is 340. The first-order chi connectivity index (χ1) is 7.77. The molecule has 0 saturated carbocycles. The molecule has 2 nitrogen and oxygen atoms in total. The first kappa shape index (κ1) is 13.6. The molecule has 0 aliphatic heterocycles. The monoisotopic (exact) mass is 254 g/mol. The number of aromatic nitrogens is 2. The summed E-state index contributed by atoms with van der Waals surface area (Å²) in [5, 5.41) is 10.5. The van der Waals surface area contributed by atoms with E-state index in [0.717, 1.165) is 21.6 Å². The molecule has 0 unspecified atom stereocenters. The van der Waals surface area contributed by atoms with Crippen LogP contribution in [0, 0.1) is 6.92 Å². The highest BCUT2D eigenvalue weighted by Crippen LogP contribution is 2.23. The zero-order valence-electron chi connectivity index (χ0n) is 9.90. The molecule has 88 valence electrons. The maximum atomic E-state index is 4.26. The van der Waals surface area contributed by atoms with Gasteiger partial charge in [0, 0.05) is 5.75 Å². The highest BCUT2D eigenvalue weighted by atomic mass is 32.2. The molecule has 0 N–H and O–H groups in total. The molecule has 1 aromatic heterocycles. The molecule has 0 bridgehead atoms. The number of rotatable bonds is 7. The van der Waals surface area contributed by atoms with Crippen LogP contribution in [0.1, 0.15) is 25.3 Å². The number of hydrogen-bond acceptors (Lipinski definition) is 4. The molecule has 0 aliphatic rings. The molecular formula is C12H18N2S2. The Kier molecular flexibility index (Phi) is 6.57. The molecule has 0 fully saturated rings. The predicted molar refractivity (Wildman–Crippen MR) is 73.3 cm³/mol. The summed E-state index contributed by atoms with van der Waals surface area (Å²) in [6.07, 6.45) is 4.34. The summed E-state index contributed by atoms with van der Waals surface area (Å²) in [6.45, 7) is 7.99. The topological polar surface area (TPSA) is 25.8 Å². The van der Waals surface area contributed by atoms with E-state index in [9.17, 15) is 0 Å². The summed E-state index contributed by atoms with van der Waals surface area (Å²) in [7, 11) is 0. The Morgan fingerprint density at radius 3 is 2.81 bits per heavy atom. The third-order valence-corrected chi connectivity index (χ3v) is 4.07. The van der Waals surface area contributed by atoms with Crippen molar-refractivity contribution in [2.45, 2.75) is 36.7 Å². The second-order valence-corrected chi connectivity index (χ2v) is 5.60. The van der Waals surface area contributed by atoms with Crippen molar-refractivity contribution in [2.75, 3.05) is 11.5 Å². The van der Waals surface area contributed by atoms with Crippen LogP contribution in [0.2, 0.25) is 0 Å². The van der Waals surface area contributed by atoms with E-state index in [1.165, 1.54) is 18.4 Å². The van der Waals surface area contributed by atoms with Gasteiger partial charge in [-0.15, -0.1) is 40.3 Å². The molecule has 16 heavy (non-hydrogen) atoms. The van der Waals surface area contributed by atoms with Gasteiger partial charge in [-0.25, -0.2) is 0 Å². The van der Waals surface area contributed by atoms with Gasteiger partial charge in [0.25, 0.3) is 0 Å². The summed E-state index contributed by atoms with van der Waals surface area (Å²) < 4.78 is 0. The number of aryl methyl sites for hydroxylation is 1. The van der Waals surface area contributed by atoms with Gasteiger partial charge in [0.2, 0.25) is 0 Å². The maximum Gasteiger partial charge on any atom is 0.122 e. The Hall–Kier alpha value is -0.480. The third kappa shape index (κ3) is 4.58. The molecule has 1 aromatic rings. The average Bonchev–Trinajstić information content (AvgIpc) is 2.29. The Labute approximate surface area is 106 Å². The molecule has 0 aliphatic carbocycles. The van der Waals surface area contributed by atoms with Crippen molar-refractivity contribution in [2.24, 2.45) is 0 Å². The second-order valence-electron chi connectivity index (χ2n) is 3.47. The van der Waals surface area contributed by atoms with Crippen LogP contribution in [0.5, 0.6) is 0 Å². The first-order valence-corrected chi connectivity index (χ1v) is 7.45.